The summed E-state index contributed by atoms with van der Waals surface area (Å²) in [5.41, 5.74) is 3.59. The number of aryl methyl sites for hydroxylation is 1. The first-order chi connectivity index (χ1) is 6.74. The number of para-hydroxylation sites is 1. The van der Waals surface area contributed by atoms with E-state index in [4.69, 9.17) is 0 Å². The van der Waals surface area contributed by atoms with Crippen molar-refractivity contribution in [2.75, 3.05) is 5.32 Å². The molecule has 1 rings (SSSR count). The van der Waals surface area contributed by atoms with E-state index in [2.05, 4.69) is 37.4 Å². The highest BCUT2D eigenvalue weighted by molar-refractivity contribution is 5.54. The first kappa shape index (κ1) is 10.6. The summed E-state index contributed by atoms with van der Waals surface area (Å²) in [6.07, 6.45) is 6.11. The molecule has 1 aromatic carbocycles. The van der Waals surface area contributed by atoms with E-state index < -0.39 is 0 Å². The van der Waals surface area contributed by atoms with Crippen LogP contribution in [0.2, 0.25) is 0 Å². The number of hydrogen-bond donors (Lipinski definition) is 1. The van der Waals surface area contributed by atoms with Gasteiger partial charge in [-0.3, -0.25) is 0 Å². The van der Waals surface area contributed by atoms with Gasteiger partial charge < -0.3 is 5.32 Å². The van der Waals surface area contributed by atoms with E-state index in [1.807, 2.05) is 31.2 Å². The molecule has 1 heteroatoms. The number of anilines is 1. The molecule has 0 bridgehead atoms. The van der Waals surface area contributed by atoms with Crippen molar-refractivity contribution in [1.29, 1.82) is 0 Å². The third-order valence-electron chi connectivity index (χ3n) is 2.02. The van der Waals surface area contributed by atoms with Crippen molar-refractivity contribution < 1.29 is 0 Å². The zero-order valence-electron chi connectivity index (χ0n) is 9.04. The van der Waals surface area contributed by atoms with E-state index in [9.17, 15) is 0 Å². The quantitative estimate of drug-likeness (QED) is 0.708. The monoisotopic (exact) mass is 187 g/mol. The number of rotatable bonds is 3. The molecular formula is C13H17N. The van der Waals surface area contributed by atoms with E-state index in [-0.39, 0.29) is 0 Å². The second-order valence-electron chi connectivity index (χ2n) is 3.32. The molecule has 1 nitrogen and oxygen atoms in total. The van der Waals surface area contributed by atoms with Gasteiger partial charge in [0.25, 0.3) is 0 Å². The first-order valence-electron chi connectivity index (χ1n) is 4.86. The van der Waals surface area contributed by atoms with Crippen LogP contribution in [0.4, 0.5) is 5.69 Å². The lowest BCUT2D eigenvalue weighted by molar-refractivity contribution is 1.34. The molecule has 0 fully saturated rings. The summed E-state index contributed by atoms with van der Waals surface area (Å²) in [5, 5.41) is 3.35. The van der Waals surface area contributed by atoms with Gasteiger partial charge in [-0.15, -0.1) is 0 Å². The van der Waals surface area contributed by atoms with Gasteiger partial charge in [-0.25, -0.2) is 0 Å². The van der Waals surface area contributed by atoms with Crippen molar-refractivity contribution >= 4 is 5.69 Å². The Balaban J connectivity index is 2.74. The van der Waals surface area contributed by atoms with Gasteiger partial charge in [0.2, 0.25) is 0 Å². The van der Waals surface area contributed by atoms with Gasteiger partial charge in [0.1, 0.15) is 0 Å². The standard InChI is InChI=1S/C13H17N/c1-4-5-9-12(3)14-13-10-7-6-8-11(13)2/h4-10,14H,1-3H3/b5-4-,12-9+. The minimum absolute atomic E-state index is 1.15. The van der Waals surface area contributed by atoms with E-state index in [0.717, 1.165) is 5.70 Å². The number of benzene rings is 1. The van der Waals surface area contributed by atoms with Gasteiger partial charge >= 0.3 is 0 Å². The summed E-state index contributed by atoms with van der Waals surface area (Å²) in [6.45, 7) is 6.18. The molecule has 0 radical (unpaired) electrons. The van der Waals surface area contributed by atoms with Crippen LogP contribution in [0, 0.1) is 6.92 Å². The molecule has 14 heavy (non-hydrogen) atoms. The van der Waals surface area contributed by atoms with Crippen LogP contribution in [0.15, 0.2) is 48.2 Å². The average molecular weight is 187 g/mol. The van der Waals surface area contributed by atoms with Crippen LogP contribution in [0.3, 0.4) is 0 Å². The minimum Gasteiger partial charge on any atom is -0.359 e. The van der Waals surface area contributed by atoms with Gasteiger partial charge in [-0.2, -0.15) is 0 Å². The van der Waals surface area contributed by atoms with Crippen LogP contribution in [-0.2, 0) is 0 Å². The Morgan fingerprint density at radius 1 is 1.29 bits per heavy atom. The lowest BCUT2D eigenvalue weighted by atomic mass is 10.2. The SMILES string of the molecule is C/C=C\C=C(/C)Nc1ccccc1C. The van der Waals surface area contributed by atoms with Gasteiger partial charge in [0, 0.05) is 11.4 Å². The maximum Gasteiger partial charge on any atom is 0.0411 e. The third-order valence-corrected chi connectivity index (χ3v) is 2.02. The molecule has 74 valence electrons. The van der Waals surface area contributed by atoms with Gasteiger partial charge in [0.15, 0.2) is 0 Å². The maximum absolute atomic E-state index is 3.35. The van der Waals surface area contributed by atoms with Crippen molar-refractivity contribution in [3.63, 3.8) is 0 Å². The summed E-state index contributed by atoms with van der Waals surface area (Å²) >= 11 is 0. The number of allylic oxidation sites excluding steroid dienone is 4. The molecule has 1 aromatic rings. The van der Waals surface area contributed by atoms with E-state index >= 15 is 0 Å². The summed E-state index contributed by atoms with van der Waals surface area (Å²) in [7, 11) is 0. The van der Waals surface area contributed by atoms with Crippen LogP contribution in [0.1, 0.15) is 19.4 Å². The molecule has 0 atom stereocenters. The Morgan fingerprint density at radius 3 is 2.64 bits per heavy atom. The normalized spacial score (nSPS) is 12.1. The highest BCUT2D eigenvalue weighted by Crippen LogP contribution is 2.15. The first-order valence-corrected chi connectivity index (χ1v) is 4.86. The highest BCUT2D eigenvalue weighted by atomic mass is 14.9. The second kappa shape index (κ2) is 5.28. The van der Waals surface area contributed by atoms with Crippen molar-refractivity contribution in [2.45, 2.75) is 20.8 Å². The van der Waals surface area contributed by atoms with Crippen LogP contribution in [-0.4, -0.2) is 0 Å². The third kappa shape index (κ3) is 3.09. The lowest BCUT2D eigenvalue weighted by Crippen LogP contribution is -1.96. The lowest BCUT2D eigenvalue weighted by Gasteiger charge is -2.08. The Hall–Kier alpha value is -1.50. The second-order valence-corrected chi connectivity index (χ2v) is 3.32. The Kier molecular flexibility index (Phi) is 3.99. The van der Waals surface area contributed by atoms with Crippen molar-refractivity contribution in [3.8, 4) is 0 Å². The van der Waals surface area contributed by atoms with Crippen LogP contribution < -0.4 is 5.32 Å². The molecule has 0 heterocycles. The summed E-state index contributed by atoms with van der Waals surface area (Å²) < 4.78 is 0. The zero-order valence-corrected chi connectivity index (χ0v) is 9.04. The highest BCUT2D eigenvalue weighted by Gasteiger charge is 1.94. The van der Waals surface area contributed by atoms with Gasteiger partial charge in [-0.1, -0.05) is 30.4 Å². The zero-order chi connectivity index (χ0) is 10.4. The predicted molar refractivity (Wildman–Crippen MR) is 63.4 cm³/mol. The van der Waals surface area contributed by atoms with Crippen LogP contribution in [0.25, 0.3) is 0 Å². The van der Waals surface area contributed by atoms with E-state index in [1.54, 1.807) is 0 Å². The molecule has 0 aliphatic rings. The molecule has 0 saturated carbocycles. The summed E-state index contributed by atoms with van der Waals surface area (Å²) in [4.78, 5) is 0. The molecule has 0 amide bonds. The summed E-state index contributed by atoms with van der Waals surface area (Å²) in [5.74, 6) is 0. The molecule has 0 spiro atoms. The van der Waals surface area contributed by atoms with Gasteiger partial charge in [-0.05, 0) is 38.5 Å². The maximum atomic E-state index is 3.35. The van der Waals surface area contributed by atoms with Crippen LogP contribution >= 0.6 is 0 Å². The molecule has 1 N–H and O–H groups in total. The topological polar surface area (TPSA) is 12.0 Å². The number of hydrogen-bond acceptors (Lipinski definition) is 1. The summed E-state index contributed by atoms with van der Waals surface area (Å²) in [6, 6.07) is 8.28. The average Bonchev–Trinajstić information content (AvgIpc) is 2.18. The van der Waals surface area contributed by atoms with E-state index in [0.29, 0.717) is 0 Å². The Bertz CT molecular complexity index is 348. The fraction of sp³-hybridized carbons (Fsp3) is 0.231. The molecule has 0 unspecified atom stereocenters. The largest absolute Gasteiger partial charge is 0.359 e. The molecule has 0 aliphatic heterocycles. The van der Waals surface area contributed by atoms with Gasteiger partial charge in [0.05, 0.1) is 0 Å². The van der Waals surface area contributed by atoms with Crippen molar-refractivity contribution in [1.82, 2.24) is 0 Å². The van der Waals surface area contributed by atoms with Crippen molar-refractivity contribution in [2.24, 2.45) is 0 Å². The Morgan fingerprint density at radius 2 is 2.00 bits per heavy atom. The predicted octanol–water partition coefficient (Wildman–Crippen LogP) is 3.89. The smallest absolute Gasteiger partial charge is 0.0411 e. The van der Waals surface area contributed by atoms with Crippen molar-refractivity contribution in [3.05, 3.63) is 53.8 Å². The Labute approximate surface area is 86.2 Å². The molecule has 0 aliphatic carbocycles. The fourth-order valence-electron chi connectivity index (χ4n) is 1.21. The molecular weight excluding hydrogens is 170 g/mol. The van der Waals surface area contributed by atoms with E-state index in [1.165, 1.54) is 11.3 Å². The van der Waals surface area contributed by atoms with Crippen LogP contribution in [0.5, 0.6) is 0 Å². The fourth-order valence-corrected chi connectivity index (χ4v) is 1.21. The number of nitrogens with one attached hydrogen (secondary N) is 1. The molecule has 0 aromatic heterocycles. The molecule has 0 saturated heterocycles. The minimum atomic E-state index is 1.15.